The fourth-order valence-corrected chi connectivity index (χ4v) is 3.83. The van der Waals surface area contributed by atoms with Gasteiger partial charge < -0.3 is 28.7 Å². The standard InChI is InChI=1S/C22H22N2O6/c25-21(15-5-6-17-19(13-15)28-12-11-27-17)23-7-9-24(10-8-23)22(26)20-14-29-16-3-1-2-4-18(16)30-20/h1-6,13,20H,7-12,14H2. The van der Waals surface area contributed by atoms with Gasteiger partial charge in [-0.05, 0) is 30.3 Å². The highest BCUT2D eigenvalue weighted by Gasteiger charge is 2.33. The van der Waals surface area contributed by atoms with E-state index in [1.165, 1.54) is 0 Å². The molecule has 1 saturated heterocycles. The lowest BCUT2D eigenvalue weighted by molar-refractivity contribution is -0.142. The van der Waals surface area contributed by atoms with Crippen molar-refractivity contribution in [3.05, 3.63) is 48.0 Å². The van der Waals surface area contributed by atoms with Crippen LogP contribution in [-0.2, 0) is 4.79 Å². The summed E-state index contributed by atoms with van der Waals surface area (Å²) in [6, 6.07) is 12.5. The second-order valence-electron chi connectivity index (χ2n) is 7.34. The lowest BCUT2D eigenvalue weighted by Crippen LogP contribution is -2.55. The molecule has 5 rings (SSSR count). The van der Waals surface area contributed by atoms with Crippen LogP contribution in [0.1, 0.15) is 10.4 Å². The Hall–Kier alpha value is -3.42. The zero-order valence-corrected chi connectivity index (χ0v) is 16.4. The van der Waals surface area contributed by atoms with Crippen molar-refractivity contribution in [3.63, 3.8) is 0 Å². The number of piperazine rings is 1. The number of ether oxygens (including phenoxy) is 4. The van der Waals surface area contributed by atoms with Crippen molar-refractivity contribution < 1.29 is 28.5 Å². The third kappa shape index (κ3) is 3.49. The molecule has 0 saturated carbocycles. The van der Waals surface area contributed by atoms with Gasteiger partial charge in [0.25, 0.3) is 11.8 Å². The van der Waals surface area contributed by atoms with Gasteiger partial charge in [0.15, 0.2) is 23.0 Å². The third-order valence-corrected chi connectivity index (χ3v) is 5.45. The molecule has 3 heterocycles. The summed E-state index contributed by atoms with van der Waals surface area (Å²) in [6.07, 6.45) is -0.667. The Morgan fingerprint density at radius 1 is 0.767 bits per heavy atom. The summed E-state index contributed by atoms with van der Waals surface area (Å²) in [5.41, 5.74) is 0.555. The number of rotatable bonds is 2. The lowest BCUT2D eigenvalue weighted by atomic mass is 10.1. The first-order chi connectivity index (χ1) is 14.7. The van der Waals surface area contributed by atoms with Gasteiger partial charge in [0.2, 0.25) is 6.10 Å². The first kappa shape index (κ1) is 18.6. The molecule has 0 bridgehead atoms. The third-order valence-electron chi connectivity index (χ3n) is 5.45. The van der Waals surface area contributed by atoms with E-state index in [0.717, 1.165) is 0 Å². The van der Waals surface area contributed by atoms with E-state index in [9.17, 15) is 9.59 Å². The quantitative estimate of drug-likeness (QED) is 0.748. The molecule has 1 atom stereocenters. The van der Waals surface area contributed by atoms with Crippen LogP contribution in [0.5, 0.6) is 23.0 Å². The number of carbonyl (C=O) groups is 2. The number of hydrogen-bond donors (Lipinski definition) is 0. The van der Waals surface area contributed by atoms with Gasteiger partial charge in [-0.25, -0.2) is 0 Å². The summed E-state index contributed by atoms with van der Waals surface area (Å²) in [4.78, 5) is 29.2. The Balaban J connectivity index is 1.19. The maximum absolute atomic E-state index is 12.9. The van der Waals surface area contributed by atoms with Crippen LogP contribution in [-0.4, -0.2) is 73.7 Å². The fraction of sp³-hybridized carbons (Fsp3) is 0.364. The van der Waals surface area contributed by atoms with Gasteiger partial charge in [0.1, 0.15) is 19.8 Å². The second-order valence-corrected chi connectivity index (χ2v) is 7.34. The number of hydrogen-bond acceptors (Lipinski definition) is 6. The topological polar surface area (TPSA) is 77.5 Å². The molecule has 3 aliphatic heterocycles. The zero-order chi connectivity index (χ0) is 20.5. The van der Waals surface area contributed by atoms with Crippen molar-refractivity contribution in [2.24, 2.45) is 0 Å². The molecule has 0 spiro atoms. The SMILES string of the molecule is O=C(c1ccc2c(c1)OCCO2)N1CCN(C(=O)C2COc3ccccc3O2)CC1. The van der Waals surface area contributed by atoms with E-state index in [4.69, 9.17) is 18.9 Å². The number of para-hydroxylation sites is 2. The van der Waals surface area contributed by atoms with Crippen molar-refractivity contribution >= 4 is 11.8 Å². The van der Waals surface area contributed by atoms with E-state index in [1.54, 1.807) is 34.1 Å². The van der Waals surface area contributed by atoms with Crippen molar-refractivity contribution in [2.45, 2.75) is 6.10 Å². The highest BCUT2D eigenvalue weighted by atomic mass is 16.6. The van der Waals surface area contributed by atoms with Crippen LogP contribution in [0.15, 0.2) is 42.5 Å². The number of fused-ring (bicyclic) bond motifs is 2. The molecule has 8 heteroatoms. The Bertz CT molecular complexity index is 970. The molecule has 8 nitrogen and oxygen atoms in total. The maximum Gasteiger partial charge on any atom is 0.267 e. The average Bonchev–Trinajstić information content (AvgIpc) is 2.82. The van der Waals surface area contributed by atoms with E-state index in [1.807, 2.05) is 18.2 Å². The van der Waals surface area contributed by atoms with Crippen LogP contribution >= 0.6 is 0 Å². The molecule has 0 aromatic heterocycles. The highest BCUT2D eigenvalue weighted by molar-refractivity contribution is 5.95. The molecule has 0 radical (unpaired) electrons. The van der Waals surface area contributed by atoms with Crippen LogP contribution in [0.2, 0.25) is 0 Å². The Kier molecular flexibility index (Phi) is 4.82. The molecular weight excluding hydrogens is 388 g/mol. The summed E-state index contributed by atoms with van der Waals surface area (Å²) in [7, 11) is 0. The number of carbonyl (C=O) groups excluding carboxylic acids is 2. The summed E-state index contributed by atoms with van der Waals surface area (Å²) >= 11 is 0. The Morgan fingerprint density at radius 3 is 2.23 bits per heavy atom. The summed E-state index contributed by atoms with van der Waals surface area (Å²) in [6.45, 7) is 3.01. The van der Waals surface area contributed by atoms with Crippen LogP contribution < -0.4 is 18.9 Å². The smallest absolute Gasteiger partial charge is 0.267 e. The predicted octanol–water partition coefficient (Wildman–Crippen LogP) is 1.58. The molecule has 0 N–H and O–H groups in total. The molecule has 1 fully saturated rings. The van der Waals surface area contributed by atoms with E-state index in [0.29, 0.717) is 68.0 Å². The van der Waals surface area contributed by atoms with Crippen LogP contribution in [0.3, 0.4) is 0 Å². The van der Waals surface area contributed by atoms with Crippen molar-refractivity contribution in [2.75, 3.05) is 46.0 Å². The second kappa shape index (κ2) is 7.78. The molecule has 156 valence electrons. The summed E-state index contributed by atoms with van der Waals surface area (Å²) in [5, 5.41) is 0. The van der Waals surface area contributed by atoms with Crippen molar-refractivity contribution in [3.8, 4) is 23.0 Å². The van der Waals surface area contributed by atoms with Gasteiger partial charge in [0, 0.05) is 31.7 Å². The van der Waals surface area contributed by atoms with Gasteiger partial charge >= 0.3 is 0 Å². The van der Waals surface area contributed by atoms with Crippen molar-refractivity contribution in [1.82, 2.24) is 9.80 Å². The fourth-order valence-electron chi connectivity index (χ4n) is 3.83. The largest absolute Gasteiger partial charge is 0.486 e. The highest BCUT2D eigenvalue weighted by Crippen LogP contribution is 2.32. The minimum atomic E-state index is -0.667. The monoisotopic (exact) mass is 410 g/mol. The Labute approximate surface area is 173 Å². The molecular formula is C22H22N2O6. The average molecular weight is 410 g/mol. The van der Waals surface area contributed by atoms with Gasteiger partial charge in [-0.15, -0.1) is 0 Å². The summed E-state index contributed by atoms with van der Waals surface area (Å²) in [5.74, 6) is 2.28. The molecule has 2 aromatic carbocycles. The Morgan fingerprint density at radius 2 is 1.43 bits per heavy atom. The van der Waals surface area contributed by atoms with Crippen LogP contribution in [0.4, 0.5) is 0 Å². The van der Waals surface area contributed by atoms with Crippen LogP contribution in [0, 0.1) is 0 Å². The van der Waals surface area contributed by atoms with E-state index < -0.39 is 6.10 Å². The van der Waals surface area contributed by atoms with E-state index >= 15 is 0 Å². The minimum absolute atomic E-state index is 0.0785. The molecule has 30 heavy (non-hydrogen) atoms. The molecule has 1 unspecified atom stereocenters. The molecule has 2 aromatic rings. The minimum Gasteiger partial charge on any atom is -0.486 e. The van der Waals surface area contributed by atoms with Crippen LogP contribution in [0.25, 0.3) is 0 Å². The first-order valence-electron chi connectivity index (χ1n) is 10.1. The molecule has 0 aliphatic carbocycles. The van der Waals surface area contributed by atoms with Gasteiger partial charge in [-0.2, -0.15) is 0 Å². The number of benzene rings is 2. The van der Waals surface area contributed by atoms with E-state index in [2.05, 4.69) is 0 Å². The first-order valence-corrected chi connectivity index (χ1v) is 10.1. The van der Waals surface area contributed by atoms with Gasteiger partial charge in [0.05, 0.1) is 0 Å². The number of nitrogens with zero attached hydrogens (tertiary/aromatic N) is 2. The van der Waals surface area contributed by atoms with Gasteiger partial charge in [-0.3, -0.25) is 9.59 Å². The summed E-state index contributed by atoms with van der Waals surface area (Å²) < 4.78 is 22.5. The lowest BCUT2D eigenvalue weighted by Gasteiger charge is -2.37. The van der Waals surface area contributed by atoms with Crippen molar-refractivity contribution in [1.29, 1.82) is 0 Å². The predicted molar refractivity (Wildman–Crippen MR) is 106 cm³/mol. The van der Waals surface area contributed by atoms with E-state index in [-0.39, 0.29) is 18.4 Å². The molecule has 2 amide bonds. The maximum atomic E-state index is 12.9. The normalized spacial score (nSPS) is 19.9. The van der Waals surface area contributed by atoms with Gasteiger partial charge in [-0.1, -0.05) is 12.1 Å². The molecule has 3 aliphatic rings. The number of amides is 2. The zero-order valence-electron chi connectivity index (χ0n) is 16.4.